The molecule has 0 spiro atoms. The molecular weight excluding hydrogens is 234 g/mol. The van der Waals surface area contributed by atoms with E-state index in [0.717, 1.165) is 31.1 Å². The van der Waals surface area contributed by atoms with E-state index in [9.17, 15) is 5.11 Å². The molecule has 1 N–H and O–H groups in total. The standard InChI is InChI=1S/C17H29NO/c1-5-15(6-2)12-18(7-3)13-17(19)16-11-9-8-10-14(16)4/h8-11,15,17,19H,5-7,12-13H2,1-4H3. The highest BCUT2D eigenvalue weighted by atomic mass is 16.3. The summed E-state index contributed by atoms with van der Waals surface area (Å²) < 4.78 is 0. The number of aryl methyl sites for hydroxylation is 1. The molecule has 1 unspecified atom stereocenters. The second-order valence-electron chi connectivity index (χ2n) is 5.41. The van der Waals surface area contributed by atoms with Crippen molar-refractivity contribution < 1.29 is 5.11 Å². The van der Waals surface area contributed by atoms with E-state index >= 15 is 0 Å². The number of hydrogen-bond donors (Lipinski definition) is 1. The van der Waals surface area contributed by atoms with E-state index in [4.69, 9.17) is 0 Å². The first-order valence-electron chi connectivity index (χ1n) is 7.58. The highest BCUT2D eigenvalue weighted by molar-refractivity contribution is 5.27. The molecule has 1 aromatic rings. The van der Waals surface area contributed by atoms with Gasteiger partial charge < -0.3 is 10.0 Å². The van der Waals surface area contributed by atoms with Gasteiger partial charge in [0.05, 0.1) is 6.10 Å². The minimum Gasteiger partial charge on any atom is -0.387 e. The Bertz CT molecular complexity index is 360. The molecule has 0 aliphatic heterocycles. The van der Waals surface area contributed by atoms with Gasteiger partial charge in [-0.1, -0.05) is 57.9 Å². The molecule has 2 nitrogen and oxygen atoms in total. The van der Waals surface area contributed by atoms with Crippen molar-refractivity contribution in [2.24, 2.45) is 5.92 Å². The first-order valence-corrected chi connectivity index (χ1v) is 7.58. The topological polar surface area (TPSA) is 23.5 Å². The van der Waals surface area contributed by atoms with Crippen molar-refractivity contribution in [2.75, 3.05) is 19.6 Å². The number of nitrogens with zero attached hydrogens (tertiary/aromatic N) is 1. The highest BCUT2D eigenvalue weighted by Gasteiger charge is 2.16. The van der Waals surface area contributed by atoms with Crippen LogP contribution in [0.2, 0.25) is 0 Å². The number of benzene rings is 1. The van der Waals surface area contributed by atoms with Gasteiger partial charge in [-0.25, -0.2) is 0 Å². The summed E-state index contributed by atoms with van der Waals surface area (Å²) in [5, 5.41) is 10.4. The van der Waals surface area contributed by atoms with Crippen molar-refractivity contribution in [3.05, 3.63) is 35.4 Å². The summed E-state index contributed by atoms with van der Waals surface area (Å²) in [5.41, 5.74) is 2.24. The van der Waals surface area contributed by atoms with E-state index in [2.05, 4.69) is 38.7 Å². The van der Waals surface area contributed by atoms with Crippen molar-refractivity contribution >= 4 is 0 Å². The molecule has 0 saturated carbocycles. The van der Waals surface area contributed by atoms with Crippen LogP contribution in [-0.4, -0.2) is 29.6 Å². The van der Waals surface area contributed by atoms with Crippen LogP contribution in [0, 0.1) is 12.8 Å². The summed E-state index contributed by atoms with van der Waals surface area (Å²) in [6.07, 6.45) is 2.05. The average molecular weight is 263 g/mol. The van der Waals surface area contributed by atoms with Crippen molar-refractivity contribution in [1.29, 1.82) is 0 Å². The van der Waals surface area contributed by atoms with Crippen LogP contribution in [0.15, 0.2) is 24.3 Å². The van der Waals surface area contributed by atoms with Crippen molar-refractivity contribution in [3.8, 4) is 0 Å². The van der Waals surface area contributed by atoms with Gasteiger partial charge in [0.2, 0.25) is 0 Å². The Morgan fingerprint density at radius 3 is 2.21 bits per heavy atom. The van der Waals surface area contributed by atoms with Crippen LogP contribution in [0.3, 0.4) is 0 Å². The zero-order valence-corrected chi connectivity index (χ0v) is 12.9. The van der Waals surface area contributed by atoms with Crippen molar-refractivity contribution in [2.45, 2.75) is 46.6 Å². The van der Waals surface area contributed by atoms with Gasteiger partial charge in [-0.05, 0) is 30.5 Å². The minimum atomic E-state index is -0.379. The third kappa shape index (κ3) is 4.96. The Hall–Kier alpha value is -0.860. The minimum absolute atomic E-state index is 0.379. The number of aliphatic hydroxyl groups is 1. The van der Waals surface area contributed by atoms with Crippen LogP contribution >= 0.6 is 0 Å². The van der Waals surface area contributed by atoms with E-state index < -0.39 is 0 Å². The predicted octanol–water partition coefficient (Wildman–Crippen LogP) is 3.79. The lowest BCUT2D eigenvalue weighted by molar-refractivity contribution is 0.104. The van der Waals surface area contributed by atoms with Gasteiger partial charge >= 0.3 is 0 Å². The first kappa shape index (κ1) is 16.2. The molecule has 0 saturated heterocycles. The average Bonchev–Trinajstić information content (AvgIpc) is 2.43. The van der Waals surface area contributed by atoms with E-state index in [1.54, 1.807) is 0 Å². The number of hydrogen-bond acceptors (Lipinski definition) is 2. The van der Waals surface area contributed by atoms with Crippen LogP contribution in [-0.2, 0) is 0 Å². The maximum atomic E-state index is 10.4. The van der Waals surface area contributed by atoms with E-state index in [1.807, 2.05) is 18.2 Å². The van der Waals surface area contributed by atoms with Crippen LogP contribution in [0.1, 0.15) is 50.8 Å². The molecule has 1 rings (SSSR count). The number of rotatable bonds is 8. The SMILES string of the molecule is CCC(CC)CN(CC)CC(O)c1ccccc1C. The number of likely N-dealkylation sites (N-methyl/N-ethyl adjacent to an activating group) is 1. The molecule has 0 heterocycles. The summed E-state index contributed by atoms with van der Waals surface area (Å²) in [6.45, 7) is 11.6. The largest absolute Gasteiger partial charge is 0.387 e. The fraction of sp³-hybridized carbons (Fsp3) is 0.647. The van der Waals surface area contributed by atoms with Gasteiger partial charge in [-0.15, -0.1) is 0 Å². The quantitative estimate of drug-likeness (QED) is 0.771. The molecule has 0 aromatic heterocycles. The van der Waals surface area contributed by atoms with Crippen molar-refractivity contribution in [1.82, 2.24) is 4.90 Å². The summed E-state index contributed by atoms with van der Waals surface area (Å²) in [5.74, 6) is 0.740. The van der Waals surface area contributed by atoms with Crippen LogP contribution in [0.25, 0.3) is 0 Å². The molecule has 0 aliphatic carbocycles. The summed E-state index contributed by atoms with van der Waals surface area (Å²) in [6, 6.07) is 8.12. The number of aliphatic hydroxyl groups excluding tert-OH is 1. The molecule has 19 heavy (non-hydrogen) atoms. The van der Waals surface area contributed by atoms with Gasteiger partial charge in [0.1, 0.15) is 0 Å². The van der Waals surface area contributed by atoms with Crippen molar-refractivity contribution in [3.63, 3.8) is 0 Å². The van der Waals surface area contributed by atoms with E-state index in [1.165, 1.54) is 18.4 Å². The Kier molecular flexibility index (Phi) is 7.11. The molecule has 0 amide bonds. The Morgan fingerprint density at radius 2 is 1.68 bits per heavy atom. The summed E-state index contributed by atoms with van der Waals surface area (Å²) in [4.78, 5) is 2.37. The zero-order chi connectivity index (χ0) is 14.3. The van der Waals surface area contributed by atoms with Crippen LogP contribution in [0.4, 0.5) is 0 Å². The van der Waals surface area contributed by atoms with Gasteiger partial charge in [0, 0.05) is 13.1 Å². The van der Waals surface area contributed by atoms with E-state index in [-0.39, 0.29) is 6.10 Å². The normalized spacial score (nSPS) is 13.2. The van der Waals surface area contributed by atoms with Gasteiger partial charge in [-0.2, -0.15) is 0 Å². The summed E-state index contributed by atoms with van der Waals surface area (Å²) in [7, 11) is 0. The van der Waals surface area contributed by atoms with E-state index in [0.29, 0.717) is 0 Å². The third-order valence-corrected chi connectivity index (χ3v) is 4.10. The monoisotopic (exact) mass is 263 g/mol. The second kappa shape index (κ2) is 8.34. The molecule has 2 heteroatoms. The molecule has 0 aliphatic rings. The fourth-order valence-corrected chi connectivity index (χ4v) is 2.55. The molecule has 108 valence electrons. The molecular formula is C17H29NO. The van der Waals surface area contributed by atoms with Gasteiger partial charge in [-0.3, -0.25) is 0 Å². The lowest BCUT2D eigenvalue weighted by Gasteiger charge is -2.28. The van der Waals surface area contributed by atoms with Gasteiger partial charge in [0.25, 0.3) is 0 Å². The zero-order valence-electron chi connectivity index (χ0n) is 12.9. The predicted molar refractivity (Wildman–Crippen MR) is 82.3 cm³/mol. The maximum absolute atomic E-state index is 10.4. The molecule has 0 fully saturated rings. The Balaban J connectivity index is 2.63. The van der Waals surface area contributed by atoms with Crippen LogP contribution in [0.5, 0.6) is 0 Å². The first-order chi connectivity index (χ1) is 9.12. The van der Waals surface area contributed by atoms with Crippen LogP contribution < -0.4 is 0 Å². The maximum Gasteiger partial charge on any atom is 0.0919 e. The smallest absolute Gasteiger partial charge is 0.0919 e. The lowest BCUT2D eigenvalue weighted by atomic mass is 10.0. The van der Waals surface area contributed by atoms with Gasteiger partial charge in [0.15, 0.2) is 0 Å². The molecule has 1 atom stereocenters. The summed E-state index contributed by atoms with van der Waals surface area (Å²) >= 11 is 0. The molecule has 0 bridgehead atoms. The third-order valence-electron chi connectivity index (χ3n) is 4.10. The molecule has 0 radical (unpaired) electrons. The lowest BCUT2D eigenvalue weighted by Crippen LogP contribution is -2.33. The highest BCUT2D eigenvalue weighted by Crippen LogP contribution is 2.19. The second-order valence-corrected chi connectivity index (χ2v) is 5.41. The Morgan fingerprint density at radius 1 is 1.05 bits per heavy atom. The Labute approximate surface area is 118 Å². The molecule has 1 aromatic carbocycles. The fourth-order valence-electron chi connectivity index (χ4n) is 2.55.